The second kappa shape index (κ2) is 8.13. The molecule has 8 nitrogen and oxygen atoms in total. The molecule has 0 radical (unpaired) electrons. The normalized spacial score (nSPS) is 16.1. The number of carbonyl (C=O) groups is 1. The molecule has 1 heterocycles. The summed E-state index contributed by atoms with van der Waals surface area (Å²) in [4.78, 5) is 24.5. The molecule has 0 N–H and O–H groups in total. The Morgan fingerprint density at radius 3 is 2.27 bits per heavy atom. The first-order valence-corrected chi connectivity index (χ1v) is 10.2. The quantitative estimate of drug-likeness (QED) is 0.553. The van der Waals surface area contributed by atoms with Gasteiger partial charge in [0, 0.05) is 44.2 Å². The molecular weight excluding hydrogens is 358 g/mol. The van der Waals surface area contributed by atoms with Crippen molar-refractivity contribution in [2.24, 2.45) is 5.92 Å². The zero-order valence-electron chi connectivity index (χ0n) is 15.3. The van der Waals surface area contributed by atoms with E-state index in [2.05, 4.69) is 0 Å². The number of carbonyl (C=O) groups excluding carboxylic acids is 1. The molecule has 1 saturated heterocycles. The highest BCUT2D eigenvalue weighted by Crippen LogP contribution is 2.26. The fourth-order valence-electron chi connectivity index (χ4n) is 3.16. The van der Waals surface area contributed by atoms with Crippen LogP contribution in [0.5, 0.6) is 0 Å². The summed E-state index contributed by atoms with van der Waals surface area (Å²) in [6, 6.07) is 3.84. The summed E-state index contributed by atoms with van der Waals surface area (Å²) in [6.07, 6.45) is 1.53. The Morgan fingerprint density at radius 1 is 1.19 bits per heavy atom. The van der Waals surface area contributed by atoms with Crippen molar-refractivity contribution in [1.29, 1.82) is 0 Å². The molecule has 0 saturated carbocycles. The summed E-state index contributed by atoms with van der Waals surface area (Å²) >= 11 is 0. The van der Waals surface area contributed by atoms with Crippen molar-refractivity contribution in [2.75, 3.05) is 26.2 Å². The first-order valence-electron chi connectivity index (χ1n) is 8.76. The Hall–Kier alpha value is -2.00. The number of piperazine rings is 1. The van der Waals surface area contributed by atoms with Gasteiger partial charge in [-0.3, -0.25) is 14.9 Å². The van der Waals surface area contributed by atoms with Crippen LogP contribution in [0.1, 0.15) is 32.3 Å². The van der Waals surface area contributed by atoms with Gasteiger partial charge in [-0.2, -0.15) is 4.31 Å². The predicted molar refractivity (Wildman–Crippen MR) is 97.2 cm³/mol. The zero-order valence-corrected chi connectivity index (χ0v) is 16.2. The predicted octanol–water partition coefficient (Wildman–Crippen LogP) is 2.17. The van der Waals surface area contributed by atoms with E-state index >= 15 is 0 Å². The molecule has 1 aromatic carbocycles. The number of nitro groups is 1. The fourth-order valence-corrected chi connectivity index (χ4v) is 4.83. The van der Waals surface area contributed by atoms with Gasteiger partial charge < -0.3 is 4.90 Å². The first-order chi connectivity index (χ1) is 12.2. The van der Waals surface area contributed by atoms with Crippen LogP contribution >= 0.6 is 0 Å². The summed E-state index contributed by atoms with van der Waals surface area (Å²) in [6.45, 7) is 6.61. The summed E-state index contributed by atoms with van der Waals surface area (Å²) in [5, 5.41) is 11.0. The van der Waals surface area contributed by atoms with E-state index in [1.807, 2.05) is 13.8 Å². The molecule has 1 fully saturated rings. The zero-order chi connectivity index (χ0) is 19.5. The van der Waals surface area contributed by atoms with Crippen molar-refractivity contribution in [3.8, 4) is 0 Å². The Bertz CT molecular complexity index is 782. The molecule has 0 unspecified atom stereocenters. The van der Waals surface area contributed by atoms with E-state index in [0.29, 0.717) is 18.7 Å². The summed E-state index contributed by atoms with van der Waals surface area (Å²) in [5.74, 6) is 0.0377. The van der Waals surface area contributed by atoms with E-state index in [1.54, 1.807) is 11.8 Å². The minimum Gasteiger partial charge on any atom is -0.340 e. The monoisotopic (exact) mass is 383 g/mol. The SMILES string of the molecule is CCC(CC)C(=O)N1CCN(S(=O)(=O)c2cc([N+](=O)[O-])ccc2C)CC1. The molecule has 1 aromatic rings. The molecule has 1 amide bonds. The van der Waals surface area contributed by atoms with Crippen LogP contribution in [0.4, 0.5) is 5.69 Å². The third-order valence-corrected chi connectivity index (χ3v) is 6.93. The van der Waals surface area contributed by atoms with Gasteiger partial charge in [0.1, 0.15) is 0 Å². The van der Waals surface area contributed by atoms with Gasteiger partial charge >= 0.3 is 0 Å². The van der Waals surface area contributed by atoms with Crippen LogP contribution in [0.25, 0.3) is 0 Å². The Kier molecular flexibility index (Phi) is 6.35. The van der Waals surface area contributed by atoms with E-state index in [1.165, 1.54) is 16.4 Å². The lowest BCUT2D eigenvalue weighted by Gasteiger charge is -2.35. The van der Waals surface area contributed by atoms with Crippen molar-refractivity contribution < 1.29 is 18.1 Å². The van der Waals surface area contributed by atoms with Gasteiger partial charge in [0.25, 0.3) is 5.69 Å². The third-order valence-electron chi connectivity index (χ3n) is 4.89. The Balaban J connectivity index is 2.17. The highest BCUT2D eigenvalue weighted by molar-refractivity contribution is 7.89. The average Bonchev–Trinajstić information content (AvgIpc) is 2.62. The number of sulfonamides is 1. The van der Waals surface area contributed by atoms with Crippen LogP contribution in [0.2, 0.25) is 0 Å². The van der Waals surface area contributed by atoms with E-state index in [9.17, 15) is 23.3 Å². The summed E-state index contributed by atoms with van der Waals surface area (Å²) in [5.41, 5.74) is 0.211. The smallest absolute Gasteiger partial charge is 0.270 e. The molecule has 0 atom stereocenters. The van der Waals surface area contributed by atoms with Crippen molar-refractivity contribution in [3.05, 3.63) is 33.9 Å². The van der Waals surface area contributed by atoms with Crippen LogP contribution < -0.4 is 0 Å². The average molecular weight is 383 g/mol. The fraction of sp³-hybridized carbons (Fsp3) is 0.588. The van der Waals surface area contributed by atoms with Gasteiger partial charge in [-0.1, -0.05) is 19.9 Å². The highest BCUT2D eigenvalue weighted by Gasteiger charge is 2.33. The van der Waals surface area contributed by atoms with Gasteiger partial charge in [-0.05, 0) is 25.3 Å². The number of hydrogen-bond acceptors (Lipinski definition) is 5. The number of aryl methyl sites for hydroxylation is 1. The van der Waals surface area contributed by atoms with Gasteiger partial charge in [0.05, 0.1) is 9.82 Å². The van der Waals surface area contributed by atoms with Crippen molar-refractivity contribution in [1.82, 2.24) is 9.21 Å². The summed E-state index contributed by atoms with van der Waals surface area (Å²) in [7, 11) is -3.84. The Morgan fingerprint density at radius 2 is 1.77 bits per heavy atom. The van der Waals surface area contributed by atoms with Gasteiger partial charge in [-0.25, -0.2) is 8.42 Å². The lowest BCUT2D eigenvalue weighted by atomic mass is 10.0. The number of nitro benzene ring substituents is 1. The molecule has 144 valence electrons. The summed E-state index contributed by atoms with van der Waals surface area (Å²) < 4.78 is 27.1. The standard InChI is InChI=1S/C17H25N3O5S/c1-4-14(5-2)17(21)18-8-10-19(11-9-18)26(24,25)16-12-15(20(22)23)7-6-13(16)3/h6-7,12,14H,4-5,8-11H2,1-3H3. The minimum atomic E-state index is -3.84. The van der Waals surface area contributed by atoms with Crippen LogP contribution in [-0.4, -0.2) is 54.6 Å². The molecular formula is C17H25N3O5S. The first kappa shape index (κ1) is 20.3. The number of hydrogen-bond donors (Lipinski definition) is 0. The van der Waals surface area contributed by atoms with Crippen molar-refractivity contribution in [3.63, 3.8) is 0 Å². The topological polar surface area (TPSA) is 101 Å². The molecule has 0 spiro atoms. The minimum absolute atomic E-state index is 0.0304. The number of non-ortho nitro benzene ring substituents is 1. The van der Waals surface area contributed by atoms with Gasteiger partial charge in [0.2, 0.25) is 15.9 Å². The molecule has 1 aliphatic heterocycles. The van der Waals surface area contributed by atoms with E-state index < -0.39 is 14.9 Å². The van der Waals surface area contributed by atoms with Gasteiger partial charge in [0.15, 0.2) is 0 Å². The number of rotatable bonds is 6. The van der Waals surface area contributed by atoms with E-state index in [0.717, 1.165) is 18.9 Å². The molecule has 2 rings (SSSR count). The Labute approximate surface area is 154 Å². The lowest BCUT2D eigenvalue weighted by Crippen LogP contribution is -2.51. The van der Waals surface area contributed by atoms with Crippen LogP contribution in [0.3, 0.4) is 0 Å². The van der Waals surface area contributed by atoms with Crippen molar-refractivity contribution in [2.45, 2.75) is 38.5 Å². The maximum absolute atomic E-state index is 12.9. The van der Waals surface area contributed by atoms with Crippen LogP contribution in [0.15, 0.2) is 23.1 Å². The number of benzene rings is 1. The van der Waals surface area contributed by atoms with E-state index in [-0.39, 0.29) is 35.5 Å². The number of amides is 1. The van der Waals surface area contributed by atoms with Crippen LogP contribution in [0, 0.1) is 23.0 Å². The largest absolute Gasteiger partial charge is 0.340 e. The van der Waals surface area contributed by atoms with Crippen molar-refractivity contribution >= 4 is 21.6 Å². The van der Waals surface area contributed by atoms with Crippen LogP contribution in [-0.2, 0) is 14.8 Å². The molecule has 1 aliphatic rings. The highest BCUT2D eigenvalue weighted by atomic mass is 32.2. The second-order valence-electron chi connectivity index (χ2n) is 6.45. The maximum Gasteiger partial charge on any atom is 0.270 e. The lowest BCUT2D eigenvalue weighted by molar-refractivity contribution is -0.385. The molecule has 0 aliphatic carbocycles. The molecule has 26 heavy (non-hydrogen) atoms. The maximum atomic E-state index is 12.9. The molecule has 0 bridgehead atoms. The molecule has 9 heteroatoms. The second-order valence-corrected chi connectivity index (χ2v) is 8.36. The van der Waals surface area contributed by atoms with Gasteiger partial charge in [-0.15, -0.1) is 0 Å². The number of nitrogens with zero attached hydrogens (tertiary/aromatic N) is 3. The third kappa shape index (κ3) is 4.04. The molecule has 0 aromatic heterocycles. The van der Waals surface area contributed by atoms with E-state index in [4.69, 9.17) is 0 Å².